The maximum absolute atomic E-state index is 12.7. The number of unbranched alkanes of at least 4 members (excludes halogenated alkanes) is 24. The van der Waals surface area contributed by atoms with Crippen LogP contribution in [0.2, 0.25) is 0 Å². The van der Waals surface area contributed by atoms with Gasteiger partial charge < -0.3 is 14.2 Å². The minimum Gasteiger partial charge on any atom is -0.462 e. The molecule has 0 aromatic heterocycles. The van der Waals surface area contributed by atoms with E-state index in [2.05, 4.69) is 81.5 Å². The number of carbonyl (C=O) groups excluding carboxylic acids is 3. The molecule has 0 aromatic carbocycles. The van der Waals surface area contributed by atoms with Crippen molar-refractivity contribution in [2.45, 2.75) is 245 Å². The van der Waals surface area contributed by atoms with Crippen molar-refractivity contribution in [2.75, 3.05) is 13.2 Å². The maximum Gasteiger partial charge on any atom is 0.306 e. The Bertz CT molecular complexity index is 1090. The normalized spacial score (nSPS) is 12.5. The van der Waals surface area contributed by atoms with Crippen LogP contribution in [0.5, 0.6) is 0 Å². The van der Waals surface area contributed by atoms with Gasteiger partial charge >= 0.3 is 17.9 Å². The zero-order valence-corrected chi connectivity index (χ0v) is 38.8. The molecule has 0 aromatic rings. The number of carbonyl (C=O) groups is 3. The Morgan fingerprint density at radius 2 is 0.712 bits per heavy atom. The van der Waals surface area contributed by atoms with E-state index in [0.717, 1.165) is 83.5 Å². The third-order valence-electron chi connectivity index (χ3n) is 10.5. The molecule has 6 heteroatoms. The molecule has 1 atom stereocenters. The van der Waals surface area contributed by atoms with E-state index in [1.165, 1.54) is 116 Å². The van der Waals surface area contributed by atoms with Crippen LogP contribution in [0.4, 0.5) is 0 Å². The molecule has 0 aliphatic heterocycles. The summed E-state index contributed by atoms with van der Waals surface area (Å²) in [5, 5.41) is 0. The van der Waals surface area contributed by atoms with Crippen LogP contribution in [0, 0.1) is 0 Å². The van der Waals surface area contributed by atoms with Gasteiger partial charge in [0.05, 0.1) is 0 Å². The summed E-state index contributed by atoms with van der Waals surface area (Å²) >= 11 is 0. The van der Waals surface area contributed by atoms with Gasteiger partial charge in [-0.3, -0.25) is 14.4 Å². The molecule has 0 rings (SSSR count). The highest BCUT2D eigenvalue weighted by molar-refractivity contribution is 5.71. The molecule has 0 amide bonds. The van der Waals surface area contributed by atoms with Crippen molar-refractivity contribution in [1.82, 2.24) is 0 Å². The molecule has 0 radical (unpaired) electrons. The van der Waals surface area contributed by atoms with Crippen molar-refractivity contribution in [1.29, 1.82) is 0 Å². The molecule has 0 aliphatic carbocycles. The topological polar surface area (TPSA) is 78.9 Å². The lowest BCUT2D eigenvalue weighted by Gasteiger charge is -2.18. The molecule has 0 fully saturated rings. The van der Waals surface area contributed by atoms with Crippen molar-refractivity contribution in [3.8, 4) is 0 Å². The van der Waals surface area contributed by atoms with Crippen LogP contribution in [0.25, 0.3) is 0 Å². The second kappa shape index (κ2) is 47.8. The molecular weight excluding hydrogens is 733 g/mol. The first-order valence-electron chi connectivity index (χ1n) is 24.8. The molecule has 6 nitrogen and oxygen atoms in total. The predicted octanol–water partition coefficient (Wildman–Crippen LogP) is 16.1. The minimum atomic E-state index is -0.792. The van der Waals surface area contributed by atoms with Crippen molar-refractivity contribution in [3.05, 3.63) is 60.8 Å². The SMILES string of the molecule is CC/C=C\C/C=C\CCCCC(=O)OCC(COC(=O)CCCCCCCCC/C=C\CCCCCCCC)OC(=O)CCCCCCCC/C=C\C=C/CCCCC. The van der Waals surface area contributed by atoms with Crippen LogP contribution < -0.4 is 0 Å². The first-order valence-corrected chi connectivity index (χ1v) is 24.8. The first kappa shape index (κ1) is 56.1. The van der Waals surface area contributed by atoms with Gasteiger partial charge in [0.2, 0.25) is 0 Å². The fourth-order valence-electron chi connectivity index (χ4n) is 6.76. The number of ether oxygens (including phenoxy) is 3. The lowest BCUT2D eigenvalue weighted by molar-refractivity contribution is -0.167. The third-order valence-corrected chi connectivity index (χ3v) is 10.5. The van der Waals surface area contributed by atoms with E-state index in [1.807, 2.05) is 0 Å². The molecule has 0 bridgehead atoms. The zero-order chi connectivity index (χ0) is 43.0. The van der Waals surface area contributed by atoms with Gasteiger partial charge in [-0.1, -0.05) is 184 Å². The average Bonchev–Trinajstić information content (AvgIpc) is 3.23. The van der Waals surface area contributed by atoms with Gasteiger partial charge in [0, 0.05) is 19.3 Å². The van der Waals surface area contributed by atoms with Gasteiger partial charge in [-0.05, 0) is 96.3 Å². The Morgan fingerprint density at radius 3 is 1.20 bits per heavy atom. The van der Waals surface area contributed by atoms with Crippen molar-refractivity contribution in [2.24, 2.45) is 0 Å². The van der Waals surface area contributed by atoms with E-state index < -0.39 is 6.10 Å². The first-order chi connectivity index (χ1) is 29.0. The van der Waals surface area contributed by atoms with Crippen LogP contribution in [0.1, 0.15) is 239 Å². The highest BCUT2D eigenvalue weighted by atomic mass is 16.6. The van der Waals surface area contributed by atoms with Gasteiger partial charge in [-0.2, -0.15) is 0 Å². The standard InChI is InChI=1S/C53H92O6/c1-4-7-10-13-16-19-21-23-25-26-28-29-31-34-37-40-43-46-52(55)58-49-50(48-57-51(54)45-42-39-36-33-18-15-12-9-6-3)59-53(56)47-44-41-38-35-32-30-27-24-22-20-17-14-11-8-5-2/h9,12,17-18,20,22-25,33,50H,4-8,10-11,13-16,19,21,26-32,34-49H2,1-3H3/b12-9-,20-17-,24-22-,25-23-,33-18-. The number of hydrogen-bond acceptors (Lipinski definition) is 6. The van der Waals surface area contributed by atoms with Crippen molar-refractivity contribution < 1.29 is 28.6 Å². The molecule has 0 saturated carbocycles. The molecule has 0 aliphatic rings. The fourth-order valence-corrected chi connectivity index (χ4v) is 6.76. The van der Waals surface area contributed by atoms with Gasteiger partial charge in [0.1, 0.15) is 13.2 Å². The highest BCUT2D eigenvalue weighted by Crippen LogP contribution is 2.14. The number of allylic oxidation sites excluding steroid dienone is 10. The number of rotatable bonds is 44. The summed E-state index contributed by atoms with van der Waals surface area (Å²) in [7, 11) is 0. The molecule has 0 saturated heterocycles. The van der Waals surface area contributed by atoms with Gasteiger partial charge in [0.25, 0.3) is 0 Å². The summed E-state index contributed by atoms with van der Waals surface area (Å²) in [6.45, 7) is 6.43. The third kappa shape index (κ3) is 46.0. The second-order valence-corrected chi connectivity index (χ2v) is 16.4. The average molecular weight is 825 g/mol. The Morgan fingerprint density at radius 1 is 0.373 bits per heavy atom. The maximum atomic E-state index is 12.7. The summed E-state index contributed by atoms with van der Waals surface area (Å²) in [5.41, 5.74) is 0. The summed E-state index contributed by atoms with van der Waals surface area (Å²) in [6.07, 6.45) is 57.8. The van der Waals surface area contributed by atoms with Crippen LogP contribution in [-0.2, 0) is 28.6 Å². The predicted molar refractivity (Wildman–Crippen MR) is 251 cm³/mol. The quantitative estimate of drug-likeness (QED) is 0.0200. The molecular formula is C53H92O6. The number of esters is 3. The second-order valence-electron chi connectivity index (χ2n) is 16.4. The number of hydrogen-bond donors (Lipinski definition) is 0. The Kier molecular flexibility index (Phi) is 45.4. The smallest absolute Gasteiger partial charge is 0.306 e. The lowest BCUT2D eigenvalue weighted by atomic mass is 10.1. The summed E-state index contributed by atoms with van der Waals surface area (Å²) in [5.74, 6) is -0.945. The molecule has 59 heavy (non-hydrogen) atoms. The van der Waals surface area contributed by atoms with Crippen LogP contribution in [-0.4, -0.2) is 37.2 Å². The lowest BCUT2D eigenvalue weighted by Crippen LogP contribution is -2.30. The Balaban J connectivity index is 4.36. The molecule has 1 unspecified atom stereocenters. The van der Waals surface area contributed by atoms with E-state index in [4.69, 9.17) is 14.2 Å². The molecule has 0 N–H and O–H groups in total. The monoisotopic (exact) mass is 825 g/mol. The highest BCUT2D eigenvalue weighted by Gasteiger charge is 2.19. The van der Waals surface area contributed by atoms with Crippen molar-refractivity contribution >= 4 is 17.9 Å². The molecule has 340 valence electrons. The minimum absolute atomic E-state index is 0.0916. The van der Waals surface area contributed by atoms with Crippen LogP contribution in [0.15, 0.2) is 60.8 Å². The molecule has 0 spiro atoms. The van der Waals surface area contributed by atoms with Gasteiger partial charge in [-0.25, -0.2) is 0 Å². The van der Waals surface area contributed by atoms with E-state index in [0.29, 0.717) is 19.3 Å². The zero-order valence-electron chi connectivity index (χ0n) is 38.8. The summed E-state index contributed by atoms with van der Waals surface area (Å²) in [6, 6.07) is 0. The Hall–Kier alpha value is -2.89. The van der Waals surface area contributed by atoms with Crippen LogP contribution >= 0.6 is 0 Å². The van der Waals surface area contributed by atoms with Gasteiger partial charge in [0.15, 0.2) is 6.10 Å². The molecule has 0 heterocycles. The summed E-state index contributed by atoms with van der Waals surface area (Å²) in [4.78, 5) is 37.8. The van der Waals surface area contributed by atoms with E-state index in [-0.39, 0.29) is 31.1 Å². The van der Waals surface area contributed by atoms with Gasteiger partial charge in [-0.15, -0.1) is 0 Å². The van der Waals surface area contributed by atoms with E-state index in [1.54, 1.807) is 0 Å². The Labute approximate surface area is 364 Å². The largest absolute Gasteiger partial charge is 0.462 e. The summed E-state index contributed by atoms with van der Waals surface area (Å²) < 4.78 is 16.7. The van der Waals surface area contributed by atoms with Crippen molar-refractivity contribution in [3.63, 3.8) is 0 Å². The fraction of sp³-hybridized carbons (Fsp3) is 0.755. The van der Waals surface area contributed by atoms with E-state index >= 15 is 0 Å². The van der Waals surface area contributed by atoms with E-state index in [9.17, 15) is 14.4 Å². The van der Waals surface area contributed by atoms with Crippen LogP contribution in [0.3, 0.4) is 0 Å².